The molecule has 0 aliphatic carbocycles. The largest absolute Gasteiger partial charge is 0.504 e. The molecular formula is C20H13F4N9O2. The first-order chi connectivity index (χ1) is 16.8. The van der Waals surface area contributed by atoms with Crippen molar-refractivity contribution in [1.82, 2.24) is 44.5 Å². The summed E-state index contributed by atoms with van der Waals surface area (Å²) in [6, 6.07) is 6.36. The molecule has 1 N–H and O–H groups in total. The summed E-state index contributed by atoms with van der Waals surface area (Å²) in [6.45, 7) is 0.218. The number of H-pyrrole nitrogens is 1. The highest BCUT2D eigenvalue weighted by molar-refractivity contribution is 5.90. The van der Waals surface area contributed by atoms with Crippen LogP contribution in [0, 0.1) is 5.95 Å². The highest BCUT2D eigenvalue weighted by atomic mass is 19.4. The van der Waals surface area contributed by atoms with Crippen LogP contribution in [0.3, 0.4) is 0 Å². The number of aromatic nitrogens is 8. The minimum absolute atomic E-state index is 0.212. The number of alkyl halides is 3. The monoisotopic (exact) mass is 487 g/mol. The summed E-state index contributed by atoms with van der Waals surface area (Å²) in [5.41, 5.74) is 1.92. The average Bonchev–Trinajstić information content (AvgIpc) is 3.62. The smallest absolute Gasteiger partial charge is 0.411 e. The zero-order chi connectivity index (χ0) is 24.3. The van der Waals surface area contributed by atoms with E-state index in [0.717, 1.165) is 16.3 Å². The maximum Gasteiger partial charge on any atom is 0.504 e. The Balaban J connectivity index is 1.37. The van der Waals surface area contributed by atoms with Crippen LogP contribution < -0.4 is 0 Å². The predicted octanol–water partition coefficient (Wildman–Crippen LogP) is 2.71. The van der Waals surface area contributed by atoms with E-state index in [2.05, 4.69) is 30.4 Å². The van der Waals surface area contributed by atoms with Gasteiger partial charge in [0.1, 0.15) is 11.7 Å². The van der Waals surface area contributed by atoms with Gasteiger partial charge in [-0.05, 0) is 24.3 Å². The Hall–Kier alpha value is -4.56. The van der Waals surface area contributed by atoms with E-state index in [1.807, 2.05) is 0 Å². The number of nitrogens with one attached hydrogen (secondary N) is 1. The molecule has 35 heavy (non-hydrogen) atoms. The van der Waals surface area contributed by atoms with E-state index in [1.165, 1.54) is 17.3 Å². The number of carbonyl (C=O) groups is 1. The standard InChI is InChI=1S/C20H13F4N9O2/c21-14-3-1-2-10-8-13(30-33(10)14)16-15-11(25-9-26-15)4-6-31(16)19(34)18-28-27-17(35-18)12-5-7-32(29-12)20(22,23)24/h1-3,5,7-9,16H,4,6H2,(H,25,26)/t16-/m0/s1. The van der Waals surface area contributed by atoms with Crippen molar-refractivity contribution in [3.8, 4) is 11.6 Å². The Bertz CT molecular complexity index is 1560. The molecule has 0 aromatic carbocycles. The van der Waals surface area contributed by atoms with Gasteiger partial charge in [-0.2, -0.15) is 19.3 Å². The molecular weight excluding hydrogens is 474 g/mol. The van der Waals surface area contributed by atoms with Crippen molar-refractivity contribution < 1.29 is 26.8 Å². The Morgan fingerprint density at radius 1 is 1.17 bits per heavy atom. The van der Waals surface area contributed by atoms with Crippen molar-refractivity contribution in [1.29, 1.82) is 0 Å². The van der Waals surface area contributed by atoms with E-state index >= 15 is 0 Å². The molecule has 0 saturated carbocycles. The second kappa shape index (κ2) is 7.48. The maximum atomic E-state index is 14.2. The van der Waals surface area contributed by atoms with Gasteiger partial charge in [0.25, 0.3) is 5.89 Å². The molecule has 5 aromatic rings. The van der Waals surface area contributed by atoms with Crippen LogP contribution in [-0.2, 0) is 12.7 Å². The maximum absolute atomic E-state index is 14.2. The zero-order valence-electron chi connectivity index (χ0n) is 17.4. The molecule has 5 aromatic heterocycles. The Labute approximate surface area is 192 Å². The number of hydrogen-bond donors (Lipinski definition) is 1. The van der Waals surface area contributed by atoms with Gasteiger partial charge in [0, 0.05) is 24.9 Å². The van der Waals surface area contributed by atoms with Gasteiger partial charge in [-0.3, -0.25) is 4.79 Å². The number of aromatic amines is 1. The Kier molecular flexibility index (Phi) is 4.49. The van der Waals surface area contributed by atoms with Crippen LogP contribution in [0.5, 0.6) is 0 Å². The number of nitrogens with zero attached hydrogens (tertiary/aromatic N) is 8. The number of rotatable bonds is 3. The third-order valence-electron chi connectivity index (χ3n) is 5.60. The third kappa shape index (κ3) is 3.43. The normalized spacial score (nSPS) is 16.1. The lowest BCUT2D eigenvalue weighted by molar-refractivity contribution is -0.212. The molecule has 0 unspecified atom stereocenters. The fourth-order valence-electron chi connectivity index (χ4n) is 4.05. The van der Waals surface area contributed by atoms with E-state index in [1.54, 1.807) is 18.2 Å². The average molecular weight is 487 g/mol. The van der Waals surface area contributed by atoms with Crippen molar-refractivity contribution in [3.05, 3.63) is 71.8 Å². The van der Waals surface area contributed by atoms with E-state index < -0.39 is 30.1 Å². The van der Waals surface area contributed by atoms with E-state index in [9.17, 15) is 22.4 Å². The van der Waals surface area contributed by atoms with Gasteiger partial charge in [-0.15, -0.1) is 23.4 Å². The van der Waals surface area contributed by atoms with Crippen molar-refractivity contribution in [2.75, 3.05) is 6.54 Å². The van der Waals surface area contributed by atoms with Crippen LogP contribution in [0.2, 0.25) is 0 Å². The highest BCUT2D eigenvalue weighted by Gasteiger charge is 2.38. The van der Waals surface area contributed by atoms with Gasteiger partial charge in [0.2, 0.25) is 5.95 Å². The first-order valence-electron chi connectivity index (χ1n) is 10.2. The van der Waals surface area contributed by atoms with E-state index in [0.29, 0.717) is 29.5 Å². The molecule has 1 aliphatic heterocycles. The lowest BCUT2D eigenvalue weighted by atomic mass is 9.99. The van der Waals surface area contributed by atoms with Crippen molar-refractivity contribution >= 4 is 11.4 Å². The molecule has 15 heteroatoms. The van der Waals surface area contributed by atoms with Crippen molar-refractivity contribution in [2.45, 2.75) is 18.8 Å². The first kappa shape index (κ1) is 21.0. The molecule has 0 bridgehead atoms. The van der Waals surface area contributed by atoms with Crippen molar-refractivity contribution in [3.63, 3.8) is 0 Å². The van der Waals surface area contributed by atoms with Crippen LogP contribution in [0.15, 0.2) is 47.3 Å². The van der Waals surface area contributed by atoms with Gasteiger partial charge >= 0.3 is 18.1 Å². The molecule has 178 valence electrons. The minimum Gasteiger partial charge on any atom is -0.411 e. The summed E-state index contributed by atoms with van der Waals surface area (Å²) in [5.74, 6) is -2.06. The summed E-state index contributed by atoms with van der Waals surface area (Å²) in [4.78, 5) is 22.1. The zero-order valence-corrected chi connectivity index (χ0v) is 17.4. The molecule has 0 saturated heterocycles. The highest BCUT2D eigenvalue weighted by Crippen LogP contribution is 2.34. The molecule has 1 aliphatic rings. The molecule has 1 atom stereocenters. The summed E-state index contributed by atoms with van der Waals surface area (Å²) < 4.78 is 59.0. The van der Waals surface area contributed by atoms with Crippen LogP contribution in [-0.4, -0.2) is 56.9 Å². The Morgan fingerprint density at radius 3 is 2.80 bits per heavy atom. The van der Waals surface area contributed by atoms with Gasteiger partial charge in [0.15, 0.2) is 0 Å². The molecule has 6 rings (SSSR count). The quantitative estimate of drug-likeness (QED) is 0.307. The van der Waals surface area contributed by atoms with E-state index in [4.69, 9.17) is 4.42 Å². The lowest BCUT2D eigenvalue weighted by Gasteiger charge is -2.32. The number of halogens is 4. The molecule has 11 nitrogen and oxygen atoms in total. The second-order valence-electron chi connectivity index (χ2n) is 7.70. The van der Waals surface area contributed by atoms with Crippen LogP contribution in [0.25, 0.3) is 17.1 Å². The number of fused-ring (bicyclic) bond motifs is 2. The van der Waals surface area contributed by atoms with Gasteiger partial charge in [-0.25, -0.2) is 9.50 Å². The number of amides is 1. The number of carbonyl (C=O) groups excluding carboxylic acids is 1. The molecule has 0 fully saturated rings. The fourth-order valence-corrected chi connectivity index (χ4v) is 4.05. The van der Waals surface area contributed by atoms with Crippen molar-refractivity contribution in [2.24, 2.45) is 0 Å². The minimum atomic E-state index is -4.72. The van der Waals surface area contributed by atoms with E-state index in [-0.39, 0.29) is 22.8 Å². The summed E-state index contributed by atoms with van der Waals surface area (Å²) in [7, 11) is 0. The second-order valence-corrected chi connectivity index (χ2v) is 7.70. The van der Waals surface area contributed by atoms with Gasteiger partial charge in [0.05, 0.1) is 23.2 Å². The molecule has 0 radical (unpaired) electrons. The number of pyridine rings is 1. The third-order valence-corrected chi connectivity index (χ3v) is 5.60. The molecule has 6 heterocycles. The lowest BCUT2D eigenvalue weighted by Crippen LogP contribution is -2.41. The summed E-state index contributed by atoms with van der Waals surface area (Å²) in [5, 5.41) is 15.1. The molecule has 0 spiro atoms. The Morgan fingerprint density at radius 2 is 2.03 bits per heavy atom. The fraction of sp³-hybridized carbons (Fsp3) is 0.200. The number of hydrogen-bond acceptors (Lipinski definition) is 7. The van der Waals surface area contributed by atoms with Crippen LogP contribution >= 0.6 is 0 Å². The summed E-state index contributed by atoms with van der Waals surface area (Å²) >= 11 is 0. The van der Waals surface area contributed by atoms with Crippen LogP contribution in [0.1, 0.15) is 33.8 Å². The first-order valence-corrected chi connectivity index (χ1v) is 10.2. The molecule has 1 amide bonds. The summed E-state index contributed by atoms with van der Waals surface area (Å²) in [6.07, 6.45) is -2.09. The van der Waals surface area contributed by atoms with Gasteiger partial charge < -0.3 is 14.3 Å². The van der Waals surface area contributed by atoms with Crippen LogP contribution in [0.4, 0.5) is 17.6 Å². The van der Waals surface area contributed by atoms with Gasteiger partial charge in [-0.1, -0.05) is 6.07 Å². The predicted molar refractivity (Wildman–Crippen MR) is 107 cm³/mol. The topological polar surface area (TPSA) is 123 Å². The number of imidazole rings is 1. The SMILES string of the molecule is O=C(c1nnc(-c2ccn(C(F)(F)F)n2)o1)N1CCc2[nH]cnc2[C@@H]1c1cc2cccc(F)n2n1.